The molecule has 38 heavy (non-hydrogen) atoms. The number of carbonyl (C=O) groups is 1. The summed E-state index contributed by atoms with van der Waals surface area (Å²) < 4.78 is 3.39. The van der Waals surface area contributed by atoms with Gasteiger partial charge in [-0.25, -0.2) is 4.68 Å². The zero-order valence-corrected chi connectivity index (χ0v) is 23.6. The molecular formula is C28H33ClN6O2S. The van der Waals surface area contributed by atoms with Gasteiger partial charge in [-0.05, 0) is 43.5 Å². The molecule has 0 spiro atoms. The smallest absolute Gasteiger partial charge is 0.274 e. The van der Waals surface area contributed by atoms with Crippen LogP contribution in [0, 0.1) is 6.92 Å². The standard InChI is InChI=1S/C28H33ClN6O2S/c1-19-14-15-23(22(29)17-19)30-26(36)13-7-5-4-6-10-16-38-28-32-31-25(34(28)2)18-24-20-11-8-9-12-21(20)27(37)35(3)33-24/h8-9,11-12,14-15,17H,4-7,10,13,16,18H2,1-3H3,(H,30,36). The molecular weight excluding hydrogens is 520 g/mol. The van der Waals surface area contributed by atoms with Gasteiger partial charge in [0.2, 0.25) is 5.91 Å². The number of anilines is 1. The van der Waals surface area contributed by atoms with Crippen molar-refractivity contribution in [2.75, 3.05) is 11.1 Å². The number of nitrogens with one attached hydrogen (secondary N) is 1. The lowest BCUT2D eigenvalue weighted by Gasteiger charge is -2.08. The fraction of sp³-hybridized carbons (Fsp3) is 0.393. The topological polar surface area (TPSA) is 94.7 Å². The summed E-state index contributed by atoms with van der Waals surface area (Å²) in [6.45, 7) is 1.97. The molecule has 0 fully saturated rings. The molecule has 0 unspecified atom stereocenters. The van der Waals surface area contributed by atoms with Gasteiger partial charge in [-0.1, -0.05) is 66.9 Å². The van der Waals surface area contributed by atoms with Crippen molar-refractivity contribution in [1.82, 2.24) is 24.5 Å². The van der Waals surface area contributed by atoms with Crippen LogP contribution in [-0.4, -0.2) is 36.2 Å². The number of aryl methyl sites for hydroxylation is 2. The van der Waals surface area contributed by atoms with Crippen molar-refractivity contribution in [3.05, 3.63) is 74.9 Å². The zero-order valence-electron chi connectivity index (χ0n) is 22.0. The number of rotatable bonds is 12. The molecule has 4 aromatic rings. The first-order chi connectivity index (χ1) is 18.3. The number of nitrogens with zero attached hydrogens (tertiary/aromatic N) is 5. The van der Waals surface area contributed by atoms with Gasteiger partial charge in [-0.15, -0.1) is 10.2 Å². The average molecular weight is 553 g/mol. The van der Waals surface area contributed by atoms with Gasteiger partial charge in [-0.2, -0.15) is 5.10 Å². The van der Waals surface area contributed by atoms with Crippen molar-refractivity contribution in [3.63, 3.8) is 0 Å². The molecule has 200 valence electrons. The van der Waals surface area contributed by atoms with Crippen molar-refractivity contribution in [1.29, 1.82) is 0 Å². The van der Waals surface area contributed by atoms with E-state index in [9.17, 15) is 9.59 Å². The Morgan fingerprint density at radius 1 is 1.00 bits per heavy atom. The van der Waals surface area contributed by atoms with E-state index in [1.165, 1.54) is 4.68 Å². The Morgan fingerprint density at radius 2 is 1.74 bits per heavy atom. The Hall–Kier alpha value is -3.17. The van der Waals surface area contributed by atoms with E-state index in [4.69, 9.17) is 11.6 Å². The third kappa shape index (κ3) is 7.02. The number of hydrogen-bond donors (Lipinski definition) is 1. The first-order valence-corrected chi connectivity index (χ1v) is 14.2. The van der Waals surface area contributed by atoms with Gasteiger partial charge in [0, 0.05) is 31.7 Å². The first-order valence-electron chi connectivity index (χ1n) is 12.9. The molecule has 1 N–H and O–H groups in total. The van der Waals surface area contributed by atoms with E-state index in [0.29, 0.717) is 28.9 Å². The number of hydrogen-bond acceptors (Lipinski definition) is 6. The third-order valence-corrected chi connectivity index (χ3v) is 7.88. The monoisotopic (exact) mass is 552 g/mol. The number of unbranched alkanes of at least 4 members (excludes halogenated alkanes) is 4. The Morgan fingerprint density at radius 3 is 2.53 bits per heavy atom. The third-order valence-electron chi connectivity index (χ3n) is 6.46. The molecule has 1 amide bonds. The molecule has 4 rings (SSSR count). The molecule has 2 aromatic heterocycles. The van der Waals surface area contributed by atoms with Crippen LogP contribution in [0.4, 0.5) is 5.69 Å². The fourth-order valence-corrected chi connectivity index (χ4v) is 5.51. The maximum atomic E-state index is 12.4. The summed E-state index contributed by atoms with van der Waals surface area (Å²) >= 11 is 7.89. The maximum Gasteiger partial charge on any atom is 0.274 e. The van der Waals surface area contributed by atoms with Gasteiger partial charge >= 0.3 is 0 Å². The van der Waals surface area contributed by atoms with Gasteiger partial charge in [-0.3, -0.25) is 9.59 Å². The Labute approximate surface area is 231 Å². The highest BCUT2D eigenvalue weighted by Gasteiger charge is 2.14. The van der Waals surface area contributed by atoms with Crippen molar-refractivity contribution >= 4 is 45.7 Å². The van der Waals surface area contributed by atoms with E-state index in [2.05, 4.69) is 20.6 Å². The Bertz CT molecular complexity index is 1480. The summed E-state index contributed by atoms with van der Waals surface area (Å²) in [7, 11) is 3.64. The van der Waals surface area contributed by atoms with Gasteiger partial charge in [0.25, 0.3) is 5.56 Å². The lowest BCUT2D eigenvalue weighted by Crippen LogP contribution is -2.21. The maximum absolute atomic E-state index is 12.4. The van der Waals surface area contributed by atoms with Crippen molar-refractivity contribution in [2.24, 2.45) is 14.1 Å². The number of benzene rings is 2. The summed E-state index contributed by atoms with van der Waals surface area (Å²) in [5, 5.41) is 19.1. The molecule has 0 saturated carbocycles. The lowest BCUT2D eigenvalue weighted by atomic mass is 10.1. The Balaban J connectivity index is 1.17. The van der Waals surface area contributed by atoms with E-state index in [1.54, 1.807) is 18.8 Å². The molecule has 0 radical (unpaired) electrons. The van der Waals surface area contributed by atoms with Crippen LogP contribution in [0.25, 0.3) is 10.8 Å². The van der Waals surface area contributed by atoms with Crippen LogP contribution in [0.3, 0.4) is 0 Å². The molecule has 0 aliphatic heterocycles. The summed E-state index contributed by atoms with van der Waals surface area (Å²) in [6.07, 6.45) is 6.16. The number of aromatic nitrogens is 5. The van der Waals surface area contributed by atoms with Crippen LogP contribution in [0.2, 0.25) is 5.02 Å². The lowest BCUT2D eigenvalue weighted by molar-refractivity contribution is -0.116. The summed E-state index contributed by atoms with van der Waals surface area (Å²) in [4.78, 5) is 24.6. The first kappa shape index (κ1) is 27.9. The molecule has 10 heteroatoms. The minimum absolute atomic E-state index is 0.00492. The minimum Gasteiger partial charge on any atom is -0.325 e. The van der Waals surface area contributed by atoms with Gasteiger partial charge in [0.05, 0.1) is 28.2 Å². The van der Waals surface area contributed by atoms with Gasteiger partial charge in [0.1, 0.15) is 5.82 Å². The molecule has 0 bridgehead atoms. The molecule has 2 aromatic carbocycles. The van der Waals surface area contributed by atoms with Gasteiger partial charge in [0.15, 0.2) is 5.16 Å². The minimum atomic E-state index is -0.103. The summed E-state index contributed by atoms with van der Waals surface area (Å²) in [5.74, 6) is 1.78. The van der Waals surface area contributed by atoms with Crippen molar-refractivity contribution < 1.29 is 4.79 Å². The van der Waals surface area contributed by atoms with Crippen LogP contribution in [0.1, 0.15) is 55.6 Å². The van der Waals surface area contributed by atoms with E-state index >= 15 is 0 Å². The fourth-order valence-electron chi connectivity index (χ4n) is 4.30. The average Bonchev–Trinajstić information content (AvgIpc) is 3.24. The Kier molecular flexibility index (Phi) is 9.58. The largest absolute Gasteiger partial charge is 0.325 e. The molecule has 0 aliphatic rings. The summed E-state index contributed by atoms with van der Waals surface area (Å²) in [6, 6.07) is 13.2. The van der Waals surface area contributed by atoms with Gasteiger partial charge < -0.3 is 9.88 Å². The number of amides is 1. The SMILES string of the molecule is Cc1ccc(NC(=O)CCCCCCCSc2nnc(Cc3nn(C)c(=O)c4ccccc34)n2C)c(Cl)c1. The number of carbonyl (C=O) groups excluding carboxylic acids is 1. The number of halogens is 1. The van der Waals surface area contributed by atoms with Crippen LogP contribution < -0.4 is 10.9 Å². The second-order valence-electron chi connectivity index (χ2n) is 9.45. The van der Waals surface area contributed by atoms with E-state index in [0.717, 1.165) is 65.5 Å². The quantitative estimate of drug-likeness (QED) is 0.179. The van der Waals surface area contributed by atoms with Crippen molar-refractivity contribution in [2.45, 2.75) is 57.0 Å². The molecule has 0 atom stereocenters. The van der Waals surface area contributed by atoms with Crippen LogP contribution in [-0.2, 0) is 25.3 Å². The highest BCUT2D eigenvalue weighted by atomic mass is 35.5. The molecule has 0 saturated heterocycles. The van der Waals surface area contributed by atoms with Crippen LogP contribution >= 0.6 is 23.4 Å². The summed E-state index contributed by atoms with van der Waals surface area (Å²) in [5.41, 5.74) is 2.45. The zero-order chi connectivity index (χ0) is 27.1. The van der Waals surface area contributed by atoms with E-state index in [-0.39, 0.29) is 11.5 Å². The van der Waals surface area contributed by atoms with Crippen LogP contribution in [0.5, 0.6) is 0 Å². The van der Waals surface area contributed by atoms with E-state index < -0.39 is 0 Å². The van der Waals surface area contributed by atoms with E-state index in [1.807, 2.05) is 61.0 Å². The van der Waals surface area contributed by atoms with Crippen molar-refractivity contribution in [3.8, 4) is 0 Å². The second kappa shape index (κ2) is 13.1. The highest BCUT2D eigenvalue weighted by molar-refractivity contribution is 7.99. The molecule has 0 aliphatic carbocycles. The molecule has 8 nitrogen and oxygen atoms in total. The molecule has 2 heterocycles. The second-order valence-corrected chi connectivity index (χ2v) is 10.9. The van der Waals surface area contributed by atoms with Crippen LogP contribution in [0.15, 0.2) is 52.4 Å². The highest BCUT2D eigenvalue weighted by Crippen LogP contribution is 2.24. The normalized spacial score (nSPS) is 11.3. The number of thioether (sulfide) groups is 1. The number of fused-ring (bicyclic) bond motifs is 1. The predicted octanol–water partition coefficient (Wildman–Crippen LogP) is 5.69. The predicted molar refractivity (Wildman–Crippen MR) is 154 cm³/mol.